The summed E-state index contributed by atoms with van der Waals surface area (Å²) in [7, 11) is -3.89. The van der Waals surface area contributed by atoms with E-state index in [4.69, 9.17) is 11.6 Å². The van der Waals surface area contributed by atoms with E-state index in [2.05, 4.69) is 20.0 Å². The minimum atomic E-state index is -3.89. The van der Waals surface area contributed by atoms with Gasteiger partial charge in [0.25, 0.3) is 10.0 Å². The minimum Gasteiger partial charge on any atom is -0.396 e. The number of nitrogens with zero attached hydrogens (tertiary/aromatic N) is 2. The number of sulfonamides is 1. The zero-order chi connectivity index (χ0) is 20.5. The van der Waals surface area contributed by atoms with Gasteiger partial charge < -0.3 is 10.4 Å². The second-order valence-corrected chi connectivity index (χ2v) is 9.42. The Morgan fingerprint density at radius 2 is 1.72 bits per heavy atom. The highest BCUT2D eigenvalue weighted by atomic mass is 35.5. The van der Waals surface area contributed by atoms with E-state index in [1.165, 1.54) is 12.1 Å². The molecule has 0 saturated heterocycles. The van der Waals surface area contributed by atoms with Gasteiger partial charge in [-0.15, -0.1) is 0 Å². The number of benzene rings is 2. The van der Waals surface area contributed by atoms with E-state index < -0.39 is 10.0 Å². The van der Waals surface area contributed by atoms with Crippen LogP contribution in [-0.2, 0) is 10.0 Å². The second kappa shape index (κ2) is 7.78. The molecule has 3 N–H and O–H groups in total. The summed E-state index contributed by atoms with van der Waals surface area (Å²) >= 11 is 5.95. The molecule has 3 aromatic rings. The first-order valence-corrected chi connectivity index (χ1v) is 11.2. The summed E-state index contributed by atoms with van der Waals surface area (Å²) in [6.07, 6.45) is 2.74. The van der Waals surface area contributed by atoms with Crippen LogP contribution in [0.15, 0.2) is 53.4 Å². The lowest BCUT2D eigenvalue weighted by atomic mass is 10.0. The van der Waals surface area contributed by atoms with Crippen LogP contribution in [-0.4, -0.2) is 36.6 Å². The number of fused-ring (bicyclic) bond motifs is 1. The second-order valence-electron chi connectivity index (χ2n) is 7.30. The number of nitrogens with one attached hydrogen (secondary N) is 2. The maximum absolute atomic E-state index is 12.9. The lowest BCUT2D eigenvalue weighted by Gasteiger charge is -2.18. The van der Waals surface area contributed by atoms with Crippen molar-refractivity contribution in [3.63, 3.8) is 0 Å². The molecule has 1 fully saturated rings. The van der Waals surface area contributed by atoms with Crippen LogP contribution in [0.3, 0.4) is 0 Å². The van der Waals surface area contributed by atoms with E-state index >= 15 is 0 Å². The summed E-state index contributed by atoms with van der Waals surface area (Å²) in [5, 5.41) is 12.8. The average molecular weight is 433 g/mol. The number of aliphatic hydroxyl groups is 1. The minimum absolute atomic E-state index is 0.0329. The summed E-state index contributed by atoms with van der Waals surface area (Å²) < 4.78 is 28.3. The quantitative estimate of drug-likeness (QED) is 0.501. The Balaban J connectivity index is 1.68. The third-order valence-electron chi connectivity index (χ3n) is 5.14. The molecule has 9 heteroatoms. The van der Waals surface area contributed by atoms with Crippen LogP contribution in [0.1, 0.15) is 19.3 Å². The van der Waals surface area contributed by atoms with E-state index in [0.29, 0.717) is 34.8 Å². The molecule has 0 bridgehead atoms. The van der Waals surface area contributed by atoms with E-state index in [9.17, 15) is 13.5 Å². The Morgan fingerprint density at radius 1 is 1.03 bits per heavy atom. The molecule has 152 valence electrons. The van der Waals surface area contributed by atoms with Gasteiger partial charge >= 0.3 is 0 Å². The average Bonchev–Trinajstić information content (AvgIpc) is 3.46. The lowest BCUT2D eigenvalue weighted by Crippen LogP contribution is -2.20. The number of rotatable bonds is 8. The molecule has 1 heterocycles. The fourth-order valence-electron chi connectivity index (χ4n) is 3.22. The molecule has 1 saturated carbocycles. The molecule has 0 aliphatic heterocycles. The third kappa shape index (κ3) is 4.44. The Hall–Kier alpha value is -2.42. The van der Waals surface area contributed by atoms with Crippen molar-refractivity contribution in [2.75, 3.05) is 23.2 Å². The van der Waals surface area contributed by atoms with Crippen molar-refractivity contribution >= 4 is 44.3 Å². The predicted octanol–water partition coefficient (Wildman–Crippen LogP) is 3.66. The van der Waals surface area contributed by atoms with Gasteiger partial charge in [-0.2, -0.15) is 0 Å². The maximum atomic E-state index is 12.9. The van der Waals surface area contributed by atoms with Crippen LogP contribution in [0.25, 0.3) is 11.0 Å². The number of aromatic nitrogens is 2. The molecule has 0 radical (unpaired) electrons. The number of anilines is 2. The summed E-state index contributed by atoms with van der Waals surface area (Å²) in [5.41, 5.74) is 1.27. The van der Waals surface area contributed by atoms with E-state index in [-0.39, 0.29) is 22.7 Å². The van der Waals surface area contributed by atoms with Crippen molar-refractivity contribution in [1.29, 1.82) is 0 Å². The zero-order valence-electron chi connectivity index (χ0n) is 15.6. The molecule has 29 heavy (non-hydrogen) atoms. The number of para-hydroxylation sites is 2. The fraction of sp³-hybridized carbons (Fsp3) is 0.300. The molecule has 1 aromatic heterocycles. The number of halogens is 1. The van der Waals surface area contributed by atoms with Gasteiger partial charge in [0.1, 0.15) is 0 Å². The van der Waals surface area contributed by atoms with Gasteiger partial charge in [0.05, 0.1) is 15.9 Å². The summed E-state index contributed by atoms with van der Waals surface area (Å²) in [5.74, 6) is 0.488. The van der Waals surface area contributed by atoms with Crippen molar-refractivity contribution in [1.82, 2.24) is 9.97 Å². The largest absolute Gasteiger partial charge is 0.396 e. The zero-order valence-corrected chi connectivity index (χ0v) is 17.2. The first-order chi connectivity index (χ1) is 13.9. The Kier molecular flexibility index (Phi) is 5.33. The van der Waals surface area contributed by atoms with Crippen LogP contribution in [0, 0.1) is 5.41 Å². The first kappa shape index (κ1) is 19.9. The highest BCUT2D eigenvalue weighted by Crippen LogP contribution is 2.48. The van der Waals surface area contributed by atoms with Crippen molar-refractivity contribution in [3.8, 4) is 0 Å². The van der Waals surface area contributed by atoms with Crippen LogP contribution in [0.5, 0.6) is 0 Å². The molecule has 0 spiro atoms. The van der Waals surface area contributed by atoms with E-state index in [1.54, 1.807) is 18.2 Å². The normalized spacial score (nSPS) is 15.2. The van der Waals surface area contributed by atoms with Gasteiger partial charge in [-0.1, -0.05) is 29.8 Å². The molecular weight excluding hydrogens is 412 g/mol. The van der Waals surface area contributed by atoms with Crippen molar-refractivity contribution in [3.05, 3.63) is 53.6 Å². The predicted molar refractivity (Wildman–Crippen MR) is 114 cm³/mol. The van der Waals surface area contributed by atoms with Crippen LogP contribution in [0.2, 0.25) is 5.02 Å². The first-order valence-electron chi connectivity index (χ1n) is 9.31. The lowest BCUT2D eigenvalue weighted by molar-refractivity contribution is 0.253. The maximum Gasteiger partial charge on any atom is 0.263 e. The molecule has 0 atom stereocenters. The fourth-order valence-corrected chi connectivity index (χ4v) is 4.52. The Labute approximate surface area is 174 Å². The molecule has 0 amide bonds. The molecular formula is C20H21ClN4O3S. The van der Waals surface area contributed by atoms with Crippen LogP contribution >= 0.6 is 11.6 Å². The van der Waals surface area contributed by atoms with Gasteiger partial charge in [0.2, 0.25) is 0 Å². The standard InChI is InChI=1S/C20H21ClN4O3S/c21-14-4-3-5-15(12-14)29(27,28)25-19-18(22-13-20(8-9-20)10-11-26)23-16-6-1-2-7-17(16)24-19/h1-7,12,26H,8-11,13H2,(H,22,23)(H,24,25). The Bertz CT molecular complexity index is 1150. The number of aliphatic hydroxyl groups excluding tert-OH is 1. The molecule has 4 rings (SSSR count). The molecule has 1 aliphatic carbocycles. The van der Waals surface area contributed by atoms with Crippen LogP contribution in [0.4, 0.5) is 11.6 Å². The molecule has 0 unspecified atom stereocenters. The SMILES string of the molecule is O=S(=O)(Nc1nc2ccccc2nc1NCC1(CCO)CC1)c1cccc(Cl)c1. The van der Waals surface area contributed by atoms with Gasteiger partial charge in [-0.05, 0) is 55.0 Å². The molecule has 7 nitrogen and oxygen atoms in total. The van der Waals surface area contributed by atoms with Gasteiger partial charge in [-0.3, -0.25) is 4.72 Å². The summed E-state index contributed by atoms with van der Waals surface area (Å²) in [6.45, 7) is 0.714. The highest BCUT2D eigenvalue weighted by Gasteiger charge is 2.41. The van der Waals surface area contributed by atoms with Gasteiger partial charge in [-0.25, -0.2) is 18.4 Å². The topological polar surface area (TPSA) is 104 Å². The Morgan fingerprint density at radius 3 is 2.34 bits per heavy atom. The number of hydrogen-bond acceptors (Lipinski definition) is 6. The number of hydrogen-bond donors (Lipinski definition) is 3. The monoisotopic (exact) mass is 432 g/mol. The van der Waals surface area contributed by atoms with Crippen molar-refractivity contribution in [2.24, 2.45) is 5.41 Å². The van der Waals surface area contributed by atoms with Crippen molar-refractivity contribution in [2.45, 2.75) is 24.2 Å². The summed E-state index contributed by atoms with van der Waals surface area (Å²) in [6, 6.07) is 13.3. The third-order valence-corrected chi connectivity index (χ3v) is 6.71. The molecule has 1 aliphatic rings. The summed E-state index contributed by atoms with van der Waals surface area (Å²) in [4.78, 5) is 9.10. The molecule has 2 aromatic carbocycles. The highest BCUT2D eigenvalue weighted by molar-refractivity contribution is 7.92. The van der Waals surface area contributed by atoms with Gasteiger partial charge in [0, 0.05) is 18.2 Å². The smallest absolute Gasteiger partial charge is 0.263 e. The van der Waals surface area contributed by atoms with Gasteiger partial charge in [0.15, 0.2) is 11.6 Å². The van der Waals surface area contributed by atoms with E-state index in [1.807, 2.05) is 18.2 Å². The van der Waals surface area contributed by atoms with Crippen molar-refractivity contribution < 1.29 is 13.5 Å². The van der Waals surface area contributed by atoms with Crippen LogP contribution < -0.4 is 10.0 Å². The van der Waals surface area contributed by atoms with E-state index in [0.717, 1.165) is 12.8 Å².